The summed E-state index contributed by atoms with van der Waals surface area (Å²) >= 11 is 0. The van der Waals surface area contributed by atoms with Crippen molar-refractivity contribution in [2.24, 2.45) is 0 Å². The third-order valence-electron chi connectivity index (χ3n) is 1.88. The fourth-order valence-corrected chi connectivity index (χ4v) is 1.12. The summed E-state index contributed by atoms with van der Waals surface area (Å²) in [6.07, 6.45) is -4.38. The highest BCUT2D eigenvalue weighted by atomic mass is 19.4. The van der Waals surface area contributed by atoms with Gasteiger partial charge in [-0.3, -0.25) is 0 Å². The molecule has 1 N–H and O–H groups in total. The number of rotatable bonds is 4. The van der Waals surface area contributed by atoms with Crippen molar-refractivity contribution in [3.63, 3.8) is 0 Å². The first kappa shape index (κ1) is 12.6. The molecule has 1 aromatic rings. The third kappa shape index (κ3) is 3.27. The first-order valence-corrected chi connectivity index (χ1v) is 4.55. The molecule has 0 aliphatic rings. The molecule has 1 aromatic carbocycles. The molecule has 88 valence electrons. The van der Waals surface area contributed by atoms with Crippen LogP contribution in [0, 0.1) is 0 Å². The predicted molar refractivity (Wildman–Crippen MR) is 53.5 cm³/mol. The summed E-state index contributed by atoms with van der Waals surface area (Å²) in [7, 11) is 0. The number of halogens is 3. The number of hydrogen-bond donors (Lipinski definition) is 1. The Morgan fingerprint density at radius 2 is 2.06 bits per heavy atom. The molecule has 1 rings (SSSR count). The summed E-state index contributed by atoms with van der Waals surface area (Å²) in [5.41, 5.74) is -0.498. The van der Waals surface area contributed by atoms with E-state index in [1.54, 1.807) is 0 Å². The second-order valence-electron chi connectivity index (χ2n) is 3.07. The Hall–Kier alpha value is -1.49. The Kier molecular flexibility index (Phi) is 3.95. The molecule has 0 heterocycles. The molecule has 5 heteroatoms. The lowest BCUT2D eigenvalue weighted by atomic mass is 10.1. The van der Waals surface area contributed by atoms with E-state index in [2.05, 4.69) is 6.58 Å². The van der Waals surface area contributed by atoms with E-state index in [1.807, 2.05) is 0 Å². The first-order chi connectivity index (χ1) is 7.45. The molecule has 0 spiro atoms. The molecule has 0 amide bonds. The maximum absolute atomic E-state index is 12.4. The van der Waals surface area contributed by atoms with Crippen LogP contribution < -0.4 is 0 Å². The van der Waals surface area contributed by atoms with Gasteiger partial charge in [0.1, 0.15) is 12.4 Å². The molecular formula is C11H11F3O2. The maximum atomic E-state index is 12.4. The van der Waals surface area contributed by atoms with Gasteiger partial charge in [-0.25, -0.2) is 0 Å². The number of hydrogen-bond acceptors (Lipinski definition) is 2. The Morgan fingerprint density at radius 3 is 2.62 bits per heavy atom. The largest absolute Gasteiger partial charge is 0.491 e. The summed E-state index contributed by atoms with van der Waals surface area (Å²) in [5, 5.41) is 8.50. The molecule has 0 saturated heterocycles. The quantitative estimate of drug-likeness (QED) is 0.809. The van der Waals surface area contributed by atoms with Gasteiger partial charge in [-0.05, 0) is 12.1 Å². The average molecular weight is 232 g/mol. The van der Waals surface area contributed by atoms with Crippen molar-refractivity contribution in [1.29, 1.82) is 0 Å². The van der Waals surface area contributed by atoms with Crippen LogP contribution in [0.5, 0.6) is 0 Å². The summed E-state index contributed by atoms with van der Waals surface area (Å²) in [4.78, 5) is 0. The van der Waals surface area contributed by atoms with E-state index < -0.39 is 11.7 Å². The Morgan fingerprint density at radius 1 is 1.38 bits per heavy atom. The Balaban J connectivity index is 2.86. The Bertz CT molecular complexity index is 372. The van der Waals surface area contributed by atoms with Gasteiger partial charge in [0, 0.05) is 5.56 Å². The van der Waals surface area contributed by atoms with E-state index in [4.69, 9.17) is 9.84 Å². The van der Waals surface area contributed by atoms with Crippen molar-refractivity contribution in [2.45, 2.75) is 6.18 Å². The summed E-state index contributed by atoms with van der Waals surface area (Å²) in [6.45, 7) is 3.28. The molecular weight excluding hydrogens is 221 g/mol. The topological polar surface area (TPSA) is 29.5 Å². The highest BCUT2D eigenvalue weighted by Gasteiger charge is 2.30. The normalized spacial score (nSPS) is 11.2. The van der Waals surface area contributed by atoms with Gasteiger partial charge in [0.2, 0.25) is 0 Å². The number of aliphatic hydroxyl groups is 1. The van der Waals surface area contributed by atoms with Crippen molar-refractivity contribution in [1.82, 2.24) is 0 Å². The number of alkyl halides is 3. The van der Waals surface area contributed by atoms with Gasteiger partial charge < -0.3 is 9.84 Å². The zero-order valence-electron chi connectivity index (χ0n) is 8.42. The molecule has 0 aliphatic carbocycles. The second-order valence-corrected chi connectivity index (χ2v) is 3.07. The molecule has 0 saturated carbocycles. The first-order valence-electron chi connectivity index (χ1n) is 4.55. The minimum atomic E-state index is -4.38. The minimum absolute atomic E-state index is 0.00901. The van der Waals surface area contributed by atoms with Crippen molar-refractivity contribution in [3.05, 3.63) is 42.0 Å². The molecule has 0 aliphatic heterocycles. The van der Waals surface area contributed by atoms with Crippen LogP contribution in [0.15, 0.2) is 30.8 Å². The average Bonchev–Trinajstić information content (AvgIpc) is 2.25. The highest BCUT2D eigenvalue weighted by molar-refractivity contribution is 5.58. The number of aliphatic hydroxyl groups excluding tert-OH is 1. The fraction of sp³-hybridized carbons (Fsp3) is 0.273. The van der Waals surface area contributed by atoms with Gasteiger partial charge in [0.25, 0.3) is 0 Å². The van der Waals surface area contributed by atoms with E-state index in [1.165, 1.54) is 12.1 Å². The van der Waals surface area contributed by atoms with Gasteiger partial charge in [0.15, 0.2) is 0 Å². The predicted octanol–water partition coefficient (Wildman–Crippen LogP) is 2.69. The number of ether oxygens (including phenoxy) is 1. The van der Waals surface area contributed by atoms with Gasteiger partial charge in [-0.15, -0.1) is 0 Å². The molecule has 16 heavy (non-hydrogen) atoms. The van der Waals surface area contributed by atoms with Gasteiger partial charge in [-0.1, -0.05) is 18.7 Å². The molecule has 0 bridgehead atoms. The van der Waals surface area contributed by atoms with Gasteiger partial charge in [0.05, 0.1) is 12.2 Å². The van der Waals surface area contributed by atoms with Crippen LogP contribution in [-0.4, -0.2) is 18.3 Å². The van der Waals surface area contributed by atoms with Crippen molar-refractivity contribution >= 4 is 5.76 Å². The van der Waals surface area contributed by atoms with E-state index in [-0.39, 0.29) is 24.5 Å². The lowest BCUT2D eigenvalue weighted by molar-refractivity contribution is -0.137. The maximum Gasteiger partial charge on any atom is 0.416 e. The molecule has 2 nitrogen and oxygen atoms in total. The molecule has 0 fully saturated rings. The third-order valence-corrected chi connectivity index (χ3v) is 1.88. The molecule has 0 unspecified atom stereocenters. The SMILES string of the molecule is C=C(OCCO)c1cccc(C(F)(F)F)c1. The van der Waals surface area contributed by atoms with Crippen LogP contribution in [0.1, 0.15) is 11.1 Å². The van der Waals surface area contributed by atoms with Crippen molar-refractivity contribution in [3.8, 4) is 0 Å². The second kappa shape index (κ2) is 5.03. The summed E-state index contributed by atoms with van der Waals surface area (Å²) in [6, 6.07) is 4.68. The van der Waals surface area contributed by atoms with E-state index >= 15 is 0 Å². The number of benzene rings is 1. The van der Waals surface area contributed by atoms with E-state index in [9.17, 15) is 13.2 Å². The molecule has 0 radical (unpaired) electrons. The van der Waals surface area contributed by atoms with Crippen LogP contribution in [0.4, 0.5) is 13.2 Å². The zero-order valence-corrected chi connectivity index (χ0v) is 8.42. The van der Waals surface area contributed by atoms with Gasteiger partial charge in [-0.2, -0.15) is 13.2 Å². The van der Waals surface area contributed by atoms with Crippen molar-refractivity contribution < 1.29 is 23.0 Å². The zero-order chi connectivity index (χ0) is 12.2. The highest BCUT2D eigenvalue weighted by Crippen LogP contribution is 2.30. The lowest BCUT2D eigenvalue weighted by Crippen LogP contribution is -2.05. The van der Waals surface area contributed by atoms with Crippen LogP contribution >= 0.6 is 0 Å². The van der Waals surface area contributed by atoms with Crippen LogP contribution in [0.2, 0.25) is 0 Å². The molecule has 0 aromatic heterocycles. The monoisotopic (exact) mass is 232 g/mol. The fourth-order valence-electron chi connectivity index (χ4n) is 1.12. The standard InChI is InChI=1S/C11H11F3O2/c1-8(16-6-5-15)9-3-2-4-10(7-9)11(12,13)14/h2-4,7,15H,1,5-6H2. The van der Waals surface area contributed by atoms with E-state index in [0.29, 0.717) is 0 Å². The summed E-state index contributed by atoms with van der Waals surface area (Å²) < 4.78 is 42.1. The van der Waals surface area contributed by atoms with Crippen molar-refractivity contribution in [2.75, 3.05) is 13.2 Å². The Labute approximate surface area is 91.0 Å². The van der Waals surface area contributed by atoms with Gasteiger partial charge >= 0.3 is 6.18 Å². The minimum Gasteiger partial charge on any atom is -0.491 e. The van der Waals surface area contributed by atoms with E-state index in [0.717, 1.165) is 12.1 Å². The summed E-state index contributed by atoms with van der Waals surface area (Å²) in [5.74, 6) is 0.111. The van der Waals surface area contributed by atoms with Crippen LogP contribution in [0.25, 0.3) is 5.76 Å². The molecule has 0 atom stereocenters. The lowest BCUT2D eigenvalue weighted by Gasteiger charge is -2.11. The van der Waals surface area contributed by atoms with Crippen LogP contribution in [0.3, 0.4) is 0 Å². The van der Waals surface area contributed by atoms with Crippen LogP contribution in [-0.2, 0) is 10.9 Å². The smallest absolute Gasteiger partial charge is 0.416 e.